The van der Waals surface area contributed by atoms with Gasteiger partial charge in [0.1, 0.15) is 5.82 Å². The molecule has 1 aromatic heterocycles. The van der Waals surface area contributed by atoms with Gasteiger partial charge in [0.2, 0.25) is 0 Å². The van der Waals surface area contributed by atoms with Gasteiger partial charge in [0.05, 0.1) is 5.02 Å². The van der Waals surface area contributed by atoms with Gasteiger partial charge in [-0.25, -0.2) is 4.98 Å². The summed E-state index contributed by atoms with van der Waals surface area (Å²) in [4.78, 5) is 6.65. The molecule has 0 amide bonds. The van der Waals surface area contributed by atoms with E-state index in [0.29, 0.717) is 17.1 Å². The van der Waals surface area contributed by atoms with Crippen LogP contribution in [0, 0.1) is 0 Å². The molecule has 3 nitrogen and oxygen atoms in total. The molecule has 1 fully saturated rings. The van der Waals surface area contributed by atoms with Gasteiger partial charge in [-0.15, -0.1) is 0 Å². The van der Waals surface area contributed by atoms with Crippen molar-refractivity contribution in [3.05, 3.63) is 21.8 Å². The zero-order valence-electron chi connectivity index (χ0n) is 10.8. The number of pyridine rings is 1. The lowest BCUT2D eigenvalue weighted by Gasteiger charge is -2.35. The lowest BCUT2D eigenvalue weighted by atomic mass is 9.90. The van der Waals surface area contributed by atoms with E-state index in [2.05, 4.69) is 38.2 Å². The summed E-state index contributed by atoms with van der Waals surface area (Å²) in [6.45, 7) is 0. The molecule has 0 aliphatic heterocycles. The second-order valence-electron chi connectivity index (χ2n) is 4.86. The van der Waals surface area contributed by atoms with Crippen molar-refractivity contribution in [3.8, 4) is 0 Å². The van der Waals surface area contributed by atoms with Gasteiger partial charge in [-0.3, -0.25) is 0 Å². The molecule has 18 heavy (non-hydrogen) atoms. The first-order valence-electron chi connectivity index (χ1n) is 6.33. The zero-order valence-corrected chi connectivity index (χ0v) is 13.1. The summed E-state index contributed by atoms with van der Waals surface area (Å²) in [6, 6.07) is 3.11. The van der Waals surface area contributed by atoms with E-state index in [1.807, 2.05) is 13.1 Å². The molecule has 0 spiro atoms. The highest BCUT2D eigenvalue weighted by molar-refractivity contribution is 9.10. The molecule has 0 saturated heterocycles. The topological polar surface area (TPSA) is 28.2 Å². The van der Waals surface area contributed by atoms with E-state index in [9.17, 15) is 0 Å². The lowest BCUT2D eigenvalue weighted by molar-refractivity contribution is 0.350. The molecule has 1 aromatic rings. The molecule has 100 valence electrons. The van der Waals surface area contributed by atoms with Crippen molar-refractivity contribution in [3.63, 3.8) is 0 Å². The summed E-state index contributed by atoms with van der Waals surface area (Å²) in [5.74, 6) is 0.882. The molecule has 0 aromatic carbocycles. The Kier molecular flexibility index (Phi) is 4.87. The first-order valence-corrected chi connectivity index (χ1v) is 7.50. The number of hydrogen-bond acceptors (Lipinski definition) is 3. The normalized spacial score (nSPS) is 24.0. The Morgan fingerprint density at radius 3 is 2.61 bits per heavy atom. The summed E-state index contributed by atoms with van der Waals surface area (Å²) in [6.07, 6.45) is 6.63. The smallest absolute Gasteiger partial charge is 0.147 e. The third-order valence-electron chi connectivity index (χ3n) is 3.78. The van der Waals surface area contributed by atoms with Crippen LogP contribution in [0.2, 0.25) is 5.02 Å². The van der Waals surface area contributed by atoms with Gasteiger partial charge in [0, 0.05) is 29.8 Å². The molecule has 5 heteroatoms. The minimum Gasteiger partial charge on any atom is -0.355 e. The van der Waals surface area contributed by atoms with Crippen LogP contribution in [0.5, 0.6) is 0 Å². The molecule has 1 N–H and O–H groups in total. The lowest BCUT2D eigenvalue weighted by Crippen LogP contribution is -2.40. The number of halogens is 2. The number of rotatable bonds is 3. The molecule has 1 aliphatic carbocycles. The fraction of sp³-hybridized carbons (Fsp3) is 0.615. The predicted octanol–water partition coefficient (Wildman–Crippen LogP) is 3.46. The second-order valence-corrected chi connectivity index (χ2v) is 6.19. The Balaban J connectivity index is 2.05. The van der Waals surface area contributed by atoms with Crippen LogP contribution in [0.15, 0.2) is 16.7 Å². The molecule has 0 bridgehead atoms. The third kappa shape index (κ3) is 3.16. The van der Waals surface area contributed by atoms with E-state index >= 15 is 0 Å². The highest BCUT2D eigenvalue weighted by atomic mass is 79.9. The first kappa shape index (κ1) is 14.1. The number of anilines is 1. The summed E-state index contributed by atoms with van der Waals surface area (Å²) < 4.78 is 0.920. The van der Waals surface area contributed by atoms with Crippen LogP contribution in [-0.2, 0) is 0 Å². The fourth-order valence-corrected chi connectivity index (χ4v) is 3.35. The highest BCUT2D eigenvalue weighted by Gasteiger charge is 2.24. The number of hydrogen-bond donors (Lipinski definition) is 1. The largest absolute Gasteiger partial charge is 0.355 e. The quantitative estimate of drug-likeness (QED) is 0.918. The summed E-state index contributed by atoms with van der Waals surface area (Å²) >= 11 is 9.64. The van der Waals surface area contributed by atoms with Crippen LogP contribution in [-0.4, -0.2) is 31.2 Å². The molecule has 1 aliphatic rings. The maximum Gasteiger partial charge on any atom is 0.147 e. The average molecular weight is 333 g/mol. The maximum atomic E-state index is 6.25. The fourth-order valence-electron chi connectivity index (χ4n) is 2.59. The van der Waals surface area contributed by atoms with E-state index in [1.54, 1.807) is 6.20 Å². The Bertz CT molecular complexity index is 405. The van der Waals surface area contributed by atoms with Crippen molar-refractivity contribution in [2.75, 3.05) is 19.0 Å². The molecule has 0 radical (unpaired) electrons. The van der Waals surface area contributed by atoms with Crippen LogP contribution in [0.25, 0.3) is 0 Å². The van der Waals surface area contributed by atoms with Gasteiger partial charge in [0.25, 0.3) is 0 Å². The molecule has 1 heterocycles. The Labute approximate surface area is 122 Å². The second kappa shape index (κ2) is 6.22. The van der Waals surface area contributed by atoms with Crippen LogP contribution in [0.3, 0.4) is 0 Å². The number of nitrogens with one attached hydrogen (secondary N) is 1. The highest BCUT2D eigenvalue weighted by Crippen LogP contribution is 2.30. The van der Waals surface area contributed by atoms with Gasteiger partial charge >= 0.3 is 0 Å². The monoisotopic (exact) mass is 331 g/mol. The maximum absolute atomic E-state index is 6.25. The van der Waals surface area contributed by atoms with Crippen molar-refractivity contribution in [1.82, 2.24) is 10.3 Å². The SMILES string of the molecule is CNC1CCC(N(C)c2ncc(Br)cc2Cl)CC1. The van der Waals surface area contributed by atoms with Crippen LogP contribution in [0.1, 0.15) is 25.7 Å². The number of aromatic nitrogens is 1. The van der Waals surface area contributed by atoms with Crippen LogP contribution >= 0.6 is 27.5 Å². The standard InChI is InChI=1S/C13H19BrClN3/c1-16-10-3-5-11(6-4-10)18(2)13-12(15)7-9(14)8-17-13/h7-8,10-11,16H,3-6H2,1-2H3. The van der Waals surface area contributed by atoms with Crippen molar-refractivity contribution in [1.29, 1.82) is 0 Å². The molecule has 0 atom stereocenters. The van der Waals surface area contributed by atoms with Crippen LogP contribution < -0.4 is 10.2 Å². The predicted molar refractivity (Wildman–Crippen MR) is 80.5 cm³/mol. The minimum atomic E-state index is 0.542. The van der Waals surface area contributed by atoms with E-state index in [1.165, 1.54) is 25.7 Å². The van der Waals surface area contributed by atoms with E-state index in [0.717, 1.165) is 10.3 Å². The van der Waals surface area contributed by atoms with Gasteiger partial charge in [-0.05, 0) is 54.7 Å². The zero-order chi connectivity index (χ0) is 13.1. The Morgan fingerprint density at radius 1 is 1.39 bits per heavy atom. The van der Waals surface area contributed by atoms with Crippen LogP contribution in [0.4, 0.5) is 5.82 Å². The minimum absolute atomic E-state index is 0.542. The van der Waals surface area contributed by atoms with Crippen molar-refractivity contribution in [2.24, 2.45) is 0 Å². The molecule has 2 rings (SSSR count). The van der Waals surface area contributed by atoms with Gasteiger partial charge in [0.15, 0.2) is 0 Å². The van der Waals surface area contributed by atoms with Gasteiger partial charge in [-0.1, -0.05) is 11.6 Å². The Hall–Kier alpha value is -0.320. The van der Waals surface area contributed by atoms with Gasteiger partial charge < -0.3 is 10.2 Å². The van der Waals surface area contributed by atoms with E-state index in [-0.39, 0.29) is 0 Å². The molecule has 1 saturated carbocycles. The molecular weight excluding hydrogens is 314 g/mol. The van der Waals surface area contributed by atoms with Crippen molar-refractivity contribution in [2.45, 2.75) is 37.8 Å². The van der Waals surface area contributed by atoms with E-state index < -0.39 is 0 Å². The van der Waals surface area contributed by atoms with Crippen molar-refractivity contribution < 1.29 is 0 Å². The molecule has 0 unspecified atom stereocenters. The summed E-state index contributed by atoms with van der Waals surface area (Å²) in [7, 11) is 4.13. The average Bonchev–Trinajstić information content (AvgIpc) is 2.38. The first-order chi connectivity index (χ1) is 8.61. The third-order valence-corrected chi connectivity index (χ3v) is 4.49. The summed E-state index contributed by atoms with van der Waals surface area (Å²) in [5.41, 5.74) is 0. The van der Waals surface area contributed by atoms with Gasteiger partial charge in [-0.2, -0.15) is 0 Å². The Morgan fingerprint density at radius 2 is 2.06 bits per heavy atom. The van der Waals surface area contributed by atoms with E-state index in [4.69, 9.17) is 11.6 Å². The number of nitrogens with zero attached hydrogens (tertiary/aromatic N) is 2. The molecular formula is C13H19BrClN3. The summed E-state index contributed by atoms with van der Waals surface area (Å²) in [5, 5.41) is 4.07. The van der Waals surface area contributed by atoms with Crippen molar-refractivity contribution >= 4 is 33.3 Å².